The fourth-order valence-corrected chi connectivity index (χ4v) is 2.02. The standard InChI is InChI=1S/C18H20N2O2/c1-2-12-22-17-13-15(8-9-16(17)19)18(21)20-11-10-14-6-4-3-5-7-14/h2-9,13H,1,10-12,19H2,(H,20,21). The summed E-state index contributed by atoms with van der Waals surface area (Å²) in [6.07, 6.45) is 2.42. The SMILES string of the molecule is C=CCOc1cc(C(=O)NCCc2ccccc2)ccc1N. The summed E-state index contributed by atoms with van der Waals surface area (Å²) in [5, 5.41) is 2.89. The molecule has 0 aliphatic rings. The van der Waals surface area contributed by atoms with Gasteiger partial charge in [0, 0.05) is 12.1 Å². The van der Waals surface area contributed by atoms with E-state index in [0.717, 1.165) is 6.42 Å². The second-order valence-electron chi connectivity index (χ2n) is 4.84. The molecule has 0 unspecified atom stereocenters. The molecule has 114 valence electrons. The first-order valence-electron chi connectivity index (χ1n) is 7.16. The Hall–Kier alpha value is -2.75. The fourth-order valence-electron chi connectivity index (χ4n) is 2.02. The molecule has 2 aromatic rings. The molecule has 22 heavy (non-hydrogen) atoms. The molecule has 2 rings (SSSR count). The van der Waals surface area contributed by atoms with E-state index in [9.17, 15) is 4.79 Å². The molecule has 0 saturated carbocycles. The largest absolute Gasteiger partial charge is 0.487 e. The summed E-state index contributed by atoms with van der Waals surface area (Å²) in [6.45, 7) is 4.52. The van der Waals surface area contributed by atoms with Crippen LogP contribution in [0.5, 0.6) is 5.75 Å². The third-order valence-electron chi connectivity index (χ3n) is 3.17. The molecule has 0 saturated heterocycles. The molecule has 0 aromatic heterocycles. The van der Waals surface area contributed by atoms with Crippen LogP contribution in [0.4, 0.5) is 5.69 Å². The zero-order valence-electron chi connectivity index (χ0n) is 12.4. The number of nitrogen functional groups attached to an aromatic ring is 1. The van der Waals surface area contributed by atoms with Gasteiger partial charge in [-0.2, -0.15) is 0 Å². The summed E-state index contributed by atoms with van der Waals surface area (Å²) in [6, 6.07) is 15.0. The van der Waals surface area contributed by atoms with E-state index in [1.54, 1.807) is 24.3 Å². The Balaban J connectivity index is 1.93. The predicted molar refractivity (Wildman–Crippen MR) is 89.0 cm³/mol. The number of nitrogens with two attached hydrogens (primary N) is 1. The van der Waals surface area contributed by atoms with E-state index in [2.05, 4.69) is 11.9 Å². The van der Waals surface area contributed by atoms with Crippen molar-refractivity contribution in [1.82, 2.24) is 5.32 Å². The number of ether oxygens (including phenoxy) is 1. The zero-order valence-corrected chi connectivity index (χ0v) is 12.4. The molecule has 4 nitrogen and oxygen atoms in total. The monoisotopic (exact) mass is 296 g/mol. The highest BCUT2D eigenvalue weighted by Gasteiger charge is 2.08. The average Bonchev–Trinajstić information content (AvgIpc) is 2.55. The van der Waals surface area contributed by atoms with Gasteiger partial charge in [0.1, 0.15) is 12.4 Å². The first kappa shape index (κ1) is 15.6. The quantitative estimate of drug-likeness (QED) is 0.610. The van der Waals surface area contributed by atoms with Gasteiger partial charge < -0.3 is 15.8 Å². The predicted octanol–water partition coefficient (Wildman–Crippen LogP) is 2.81. The van der Waals surface area contributed by atoms with E-state index < -0.39 is 0 Å². The molecule has 2 aromatic carbocycles. The van der Waals surface area contributed by atoms with Gasteiger partial charge in [-0.05, 0) is 30.2 Å². The molecule has 0 radical (unpaired) electrons. The highest BCUT2D eigenvalue weighted by Crippen LogP contribution is 2.22. The number of carbonyl (C=O) groups excluding carboxylic acids is 1. The summed E-state index contributed by atoms with van der Waals surface area (Å²) < 4.78 is 5.43. The Morgan fingerprint density at radius 1 is 1.23 bits per heavy atom. The maximum Gasteiger partial charge on any atom is 0.251 e. The lowest BCUT2D eigenvalue weighted by atomic mass is 10.1. The normalized spacial score (nSPS) is 10.0. The van der Waals surface area contributed by atoms with Crippen LogP contribution in [0.2, 0.25) is 0 Å². The summed E-state index contributed by atoms with van der Waals surface area (Å²) >= 11 is 0. The Bertz CT molecular complexity index is 639. The van der Waals surface area contributed by atoms with Gasteiger partial charge in [0.25, 0.3) is 5.91 Å². The van der Waals surface area contributed by atoms with Crippen molar-refractivity contribution in [2.24, 2.45) is 0 Å². The van der Waals surface area contributed by atoms with Gasteiger partial charge in [-0.15, -0.1) is 0 Å². The number of hydrogen-bond acceptors (Lipinski definition) is 3. The van der Waals surface area contributed by atoms with Crippen LogP contribution in [-0.2, 0) is 6.42 Å². The minimum absolute atomic E-state index is 0.139. The third kappa shape index (κ3) is 4.38. The molecule has 0 aliphatic carbocycles. The number of carbonyl (C=O) groups is 1. The van der Waals surface area contributed by atoms with Crippen LogP contribution in [0.1, 0.15) is 15.9 Å². The van der Waals surface area contributed by atoms with Crippen LogP contribution in [0.25, 0.3) is 0 Å². The molecule has 1 amide bonds. The van der Waals surface area contributed by atoms with Gasteiger partial charge in [-0.1, -0.05) is 43.0 Å². The van der Waals surface area contributed by atoms with Crippen LogP contribution in [0.3, 0.4) is 0 Å². The number of hydrogen-bond donors (Lipinski definition) is 2. The molecule has 0 aliphatic heterocycles. The molecule has 0 heterocycles. The number of rotatable bonds is 7. The van der Waals surface area contributed by atoms with Crippen LogP contribution in [0, 0.1) is 0 Å². The summed E-state index contributed by atoms with van der Waals surface area (Å²) in [7, 11) is 0. The van der Waals surface area contributed by atoms with E-state index in [1.165, 1.54) is 5.56 Å². The maximum absolute atomic E-state index is 12.1. The summed E-state index contributed by atoms with van der Waals surface area (Å²) in [5.74, 6) is 0.356. The van der Waals surface area contributed by atoms with Crippen molar-refractivity contribution in [3.05, 3.63) is 72.3 Å². The van der Waals surface area contributed by atoms with Crippen LogP contribution in [0.15, 0.2) is 61.2 Å². The van der Waals surface area contributed by atoms with Crippen molar-refractivity contribution < 1.29 is 9.53 Å². The van der Waals surface area contributed by atoms with Gasteiger partial charge in [-0.3, -0.25) is 4.79 Å². The molecule has 0 atom stereocenters. The Kier molecular flexibility index (Phi) is 5.60. The van der Waals surface area contributed by atoms with Gasteiger partial charge in [-0.25, -0.2) is 0 Å². The highest BCUT2D eigenvalue weighted by atomic mass is 16.5. The van der Waals surface area contributed by atoms with Crippen molar-refractivity contribution in [2.45, 2.75) is 6.42 Å². The van der Waals surface area contributed by atoms with E-state index in [4.69, 9.17) is 10.5 Å². The van der Waals surface area contributed by atoms with Crippen molar-refractivity contribution >= 4 is 11.6 Å². The van der Waals surface area contributed by atoms with Crippen molar-refractivity contribution in [2.75, 3.05) is 18.9 Å². The van der Waals surface area contributed by atoms with E-state index in [1.807, 2.05) is 30.3 Å². The minimum Gasteiger partial charge on any atom is -0.487 e. The van der Waals surface area contributed by atoms with Crippen LogP contribution >= 0.6 is 0 Å². The average molecular weight is 296 g/mol. The zero-order chi connectivity index (χ0) is 15.8. The van der Waals surface area contributed by atoms with Gasteiger partial charge in [0.15, 0.2) is 0 Å². The Labute approximate surface area is 130 Å². The lowest BCUT2D eigenvalue weighted by Gasteiger charge is -2.10. The number of nitrogens with one attached hydrogen (secondary N) is 1. The van der Waals surface area contributed by atoms with Gasteiger partial charge in [0.2, 0.25) is 0 Å². The minimum atomic E-state index is -0.139. The molecule has 4 heteroatoms. The second kappa shape index (κ2) is 7.88. The second-order valence-corrected chi connectivity index (χ2v) is 4.84. The van der Waals surface area contributed by atoms with Crippen LogP contribution < -0.4 is 15.8 Å². The molecule has 3 N–H and O–H groups in total. The first-order valence-corrected chi connectivity index (χ1v) is 7.16. The lowest BCUT2D eigenvalue weighted by Crippen LogP contribution is -2.25. The lowest BCUT2D eigenvalue weighted by molar-refractivity contribution is 0.0954. The van der Waals surface area contributed by atoms with E-state index in [0.29, 0.717) is 30.2 Å². The van der Waals surface area contributed by atoms with E-state index >= 15 is 0 Å². The topological polar surface area (TPSA) is 64.3 Å². The van der Waals surface area contributed by atoms with Crippen molar-refractivity contribution in [3.8, 4) is 5.75 Å². The van der Waals surface area contributed by atoms with Crippen molar-refractivity contribution in [3.63, 3.8) is 0 Å². The summed E-state index contributed by atoms with van der Waals surface area (Å²) in [5.41, 5.74) is 8.04. The molecule has 0 spiro atoms. The Morgan fingerprint density at radius 3 is 2.73 bits per heavy atom. The van der Waals surface area contributed by atoms with Gasteiger partial charge >= 0.3 is 0 Å². The third-order valence-corrected chi connectivity index (χ3v) is 3.17. The number of amides is 1. The highest BCUT2D eigenvalue weighted by molar-refractivity contribution is 5.95. The van der Waals surface area contributed by atoms with Crippen LogP contribution in [-0.4, -0.2) is 19.1 Å². The molecular formula is C18H20N2O2. The summed E-state index contributed by atoms with van der Waals surface area (Å²) in [4.78, 5) is 12.1. The maximum atomic E-state index is 12.1. The number of anilines is 1. The molecular weight excluding hydrogens is 276 g/mol. The van der Waals surface area contributed by atoms with E-state index in [-0.39, 0.29) is 5.91 Å². The molecule has 0 fully saturated rings. The Morgan fingerprint density at radius 2 is 2.00 bits per heavy atom. The van der Waals surface area contributed by atoms with Crippen molar-refractivity contribution in [1.29, 1.82) is 0 Å². The fraction of sp³-hybridized carbons (Fsp3) is 0.167. The smallest absolute Gasteiger partial charge is 0.251 e. The molecule has 0 bridgehead atoms. The number of benzene rings is 2. The first-order chi connectivity index (χ1) is 10.7. The van der Waals surface area contributed by atoms with Gasteiger partial charge in [0.05, 0.1) is 5.69 Å².